The van der Waals surface area contributed by atoms with Crippen LogP contribution in [0.25, 0.3) is 6.08 Å². The van der Waals surface area contributed by atoms with Gasteiger partial charge in [-0.2, -0.15) is 0 Å². The second-order valence-electron chi connectivity index (χ2n) is 5.37. The molecule has 0 spiro atoms. The van der Waals surface area contributed by atoms with Crippen LogP contribution in [0, 0.1) is 6.92 Å². The molecule has 4 nitrogen and oxygen atoms in total. The Balaban J connectivity index is 1.71. The Kier molecular flexibility index (Phi) is 4.92. The largest absolute Gasteiger partial charge is 0.367 e. The number of benzene rings is 2. The number of anilines is 1. The van der Waals surface area contributed by atoms with Crippen LogP contribution >= 0.6 is 23.4 Å². The normalized spacial score (nSPS) is 16.1. The zero-order valence-electron chi connectivity index (χ0n) is 13.0. The smallest absolute Gasteiger partial charge is 0.295 e. The highest BCUT2D eigenvalue weighted by Crippen LogP contribution is 2.32. The average molecular weight is 359 g/mol. The van der Waals surface area contributed by atoms with Gasteiger partial charge >= 0.3 is 0 Å². The van der Waals surface area contributed by atoms with Gasteiger partial charge in [0, 0.05) is 10.7 Å². The predicted molar refractivity (Wildman–Crippen MR) is 98.9 cm³/mol. The molecule has 24 heavy (non-hydrogen) atoms. The number of hydrogen-bond acceptors (Lipinski definition) is 4. The van der Waals surface area contributed by atoms with Crippen LogP contribution in [-0.4, -0.2) is 22.7 Å². The molecule has 0 aliphatic carbocycles. The van der Waals surface area contributed by atoms with Gasteiger partial charge in [-0.25, -0.2) is 0 Å². The van der Waals surface area contributed by atoms with Gasteiger partial charge in [-0.1, -0.05) is 47.5 Å². The number of carbonyl (C=O) groups is 2. The van der Waals surface area contributed by atoms with Crippen LogP contribution in [-0.2, 0) is 4.79 Å². The van der Waals surface area contributed by atoms with E-state index in [1.807, 2.05) is 37.3 Å². The fourth-order valence-electron chi connectivity index (χ4n) is 2.22. The van der Waals surface area contributed by atoms with Crippen molar-refractivity contribution in [2.75, 3.05) is 12.0 Å². The number of hydrogen-bond donors (Lipinski definition) is 1. The second-order valence-corrected chi connectivity index (χ2v) is 6.80. The third kappa shape index (κ3) is 3.80. The maximum absolute atomic E-state index is 12.4. The Hall–Kier alpha value is -2.24. The number of imide groups is 1. The van der Waals surface area contributed by atoms with Gasteiger partial charge in [0.2, 0.25) is 0 Å². The first kappa shape index (κ1) is 16.6. The van der Waals surface area contributed by atoms with Crippen LogP contribution in [0.2, 0.25) is 5.02 Å². The highest BCUT2D eigenvalue weighted by atomic mass is 35.5. The number of thioether (sulfide) groups is 1. The van der Waals surface area contributed by atoms with Gasteiger partial charge in [-0.3, -0.25) is 14.5 Å². The Morgan fingerprint density at radius 2 is 1.92 bits per heavy atom. The van der Waals surface area contributed by atoms with E-state index in [1.54, 1.807) is 24.3 Å². The van der Waals surface area contributed by atoms with Gasteiger partial charge in [0.1, 0.15) is 0 Å². The van der Waals surface area contributed by atoms with Gasteiger partial charge in [0.15, 0.2) is 0 Å². The van der Waals surface area contributed by atoms with Crippen LogP contribution < -0.4 is 5.32 Å². The van der Waals surface area contributed by atoms with Crippen molar-refractivity contribution in [3.8, 4) is 0 Å². The fourth-order valence-corrected chi connectivity index (χ4v) is 3.25. The minimum Gasteiger partial charge on any atom is -0.367 e. The lowest BCUT2D eigenvalue weighted by Crippen LogP contribution is -2.33. The van der Waals surface area contributed by atoms with Crippen LogP contribution in [0.5, 0.6) is 0 Å². The number of amides is 2. The van der Waals surface area contributed by atoms with Crippen molar-refractivity contribution < 1.29 is 9.59 Å². The summed E-state index contributed by atoms with van der Waals surface area (Å²) >= 11 is 6.87. The molecule has 2 amide bonds. The Morgan fingerprint density at radius 3 is 2.62 bits per heavy atom. The summed E-state index contributed by atoms with van der Waals surface area (Å²) < 4.78 is 0. The molecule has 1 saturated heterocycles. The van der Waals surface area contributed by atoms with Crippen molar-refractivity contribution >= 4 is 46.3 Å². The molecule has 2 aromatic carbocycles. The topological polar surface area (TPSA) is 49.4 Å². The van der Waals surface area contributed by atoms with E-state index in [4.69, 9.17) is 11.6 Å². The molecule has 1 aliphatic heterocycles. The van der Waals surface area contributed by atoms with Gasteiger partial charge in [-0.05, 0) is 48.5 Å². The van der Waals surface area contributed by atoms with Crippen molar-refractivity contribution in [2.45, 2.75) is 6.92 Å². The van der Waals surface area contributed by atoms with Crippen LogP contribution in [0.1, 0.15) is 11.1 Å². The van der Waals surface area contributed by atoms with Crippen molar-refractivity contribution in [1.29, 1.82) is 0 Å². The Labute approximate surface area is 149 Å². The first-order valence-corrected chi connectivity index (χ1v) is 8.54. The number of aryl methyl sites for hydroxylation is 1. The lowest BCUT2D eigenvalue weighted by Gasteiger charge is -2.14. The molecule has 0 radical (unpaired) electrons. The van der Waals surface area contributed by atoms with E-state index >= 15 is 0 Å². The third-order valence-electron chi connectivity index (χ3n) is 3.51. The lowest BCUT2D eigenvalue weighted by molar-refractivity contribution is -0.122. The van der Waals surface area contributed by atoms with Crippen LogP contribution in [0.4, 0.5) is 10.5 Å². The molecular weight excluding hydrogens is 344 g/mol. The Morgan fingerprint density at radius 1 is 1.17 bits per heavy atom. The highest BCUT2D eigenvalue weighted by Gasteiger charge is 2.34. The van der Waals surface area contributed by atoms with Crippen molar-refractivity contribution in [3.63, 3.8) is 0 Å². The summed E-state index contributed by atoms with van der Waals surface area (Å²) in [4.78, 5) is 26.1. The summed E-state index contributed by atoms with van der Waals surface area (Å²) in [6, 6.07) is 14.9. The second kappa shape index (κ2) is 7.11. The first-order chi connectivity index (χ1) is 11.5. The van der Waals surface area contributed by atoms with E-state index in [9.17, 15) is 9.59 Å². The van der Waals surface area contributed by atoms with Crippen LogP contribution in [0.3, 0.4) is 0 Å². The van der Waals surface area contributed by atoms with Gasteiger partial charge in [0.25, 0.3) is 11.1 Å². The van der Waals surface area contributed by atoms with Crippen LogP contribution in [0.15, 0.2) is 53.4 Å². The van der Waals surface area contributed by atoms with E-state index in [0.717, 1.165) is 28.6 Å². The molecule has 3 rings (SSSR count). The highest BCUT2D eigenvalue weighted by molar-refractivity contribution is 8.18. The van der Waals surface area contributed by atoms with Crippen molar-refractivity contribution in [3.05, 3.63) is 69.6 Å². The minimum absolute atomic E-state index is 0.107. The van der Waals surface area contributed by atoms with E-state index in [2.05, 4.69) is 5.32 Å². The van der Waals surface area contributed by atoms with Gasteiger partial charge < -0.3 is 5.32 Å². The summed E-state index contributed by atoms with van der Waals surface area (Å²) in [5.41, 5.74) is 2.80. The molecule has 0 bridgehead atoms. The monoisotopic (exact) mass is 358 g/mol. The summed E-state index contributed by atoms with van der Waals surface area (Å²) in [6.45, 7) is 2.11. The minimum atomic E-state index is -0.292. The molecule has 0 unspecified atom stereocenters. The maximum atomic E-state index is 12.4. The van der Waals surface area contributed by atoms with Gasteiger partial charge in [-0.15, -0.1) is 0 Å². The standard InChI is InChI=1S/C18H15ClN2O2S/c1-12-5-7-13(8-6-12)9-16-17(22)21(18(23)24-16)11-20-15-4-2-3-14(19)10-15/h2-10,20H,11H2,1H3/b16-9+. The fraction of sp³-hybridized carbons (Fsp3) is 0.111. The molecule has 0 atom stereocenters. The first-order valence-electron chi connectivity index (χ1n) is 7.34. The zero-order valence-corrected chi connectivity index (χ0v) is 14.5. The number of rotatable bonds is 4. The number of nitrogens with one attached hydrogen (secondary N) is 1. The van der Waals surface area contributed by atoms with E-state index in [1.165, 1.54) is 4.90 Å². The Bertz CT molecular complexity index is 818. The van der Waals surface area contributed by atoms with E-state index in [0.29, 0.717) is 9.93 Å². The summed E-state index contributed by atoms with van der Waals surface area (Å²) in [5.74, 6) is -0.292. The molecule has 6 heteroatoms. The third-order valence-corrected chi connectivity index (χ3v) is 4.66. The molecule has 1 fully saturated rings. The number of halogens is 1. The molecular formula is C18H15ClN2O2S. The molecule has 122 valence electrons. The summed E-state index contributed by atoms with van der Waals surface area (Å²) in [6.07, 6.45) is 1.74. The molecule has 0 aromatic heterocycles. The predicted octanol–water partition coefficient (Wildman–Crippen LogP) is 4.75. The number of carbonyl (C=O) groups excluding carboxylic acids is 2. The quantitative estimate of drug-likeness (QED) is 0.801. The van der Waals surface area contributed by atoms with Gasteiger partial charge in [0.05, 0.1) is 11.6 Å². The van der Waals surface area contributed by atoms with Crippen molar-refractivity contribution in [1.82, 2.24) is 4.90 Å². The molecule has 0 saturated carbocycles. The average Bonchev–Trinajstić information content (AvgIpc) is 2.82. The zero-order chi connectivity index (χ0) is 17.1. The molecule has 2 aromatic rings. The summed E-state index contributed by atoms with van der Waals surface area (Å²) in [5, 5.41) is 3.35. The summed E-state index contributed by atoms with van der Waals surface area (Å²) in [7, 11) is 0. The molecule has 1 N–H and O–H groups in total. The lowest BCUT2D eigenvalue weighted by atomic mass is 10.1. The molecule has 1 aliphatic rings. The van der Waals surface area contributed by atoms with E-state index < -0.39 is 0 Å². The number of nitrogens with zero attached hydrogens (tertiary/aromatic N) is 1. The SMILES string of the molecule is Cc1ccc(/C=C2/SC(=O)N(CNc3cccc(Cl)c3)C2=O)cc1. The maximum Gasteiger partial charge on any atom is 0.295 e. The van der Waals surface area contributed by atoms with E-state index in [-0.39, 0.29) is 17.8 Å². The molecule has 1 heterocycles. The van der Waals surface area contributed by atoms with Crippen molar-refractivity contribution in [2.24, 2.45) is 0 Å².